The second-order valence-electron chi connectivity index (χ2n) is 7.74. The minimum absolute atomic E-state index is 0.141. The number of nitrogens with zero attached hydrogens (tertiary/aromatic N) is 6. The summed E-state index contributed by atoms with van der Waals surface area (Å²) < 4.78 is 17.8. The van der Waals surface area contributed by atoms with Gasteiger partial charge in [0.25, 0.3) is 0 Å². The summed E-state index contributed by atoms with van der Waals surface area (Å²) in [5.74, 6) is 1.59. The Bertz CT molecular complexity index is 1640. The van der Waals surface area contributed by atoms with E-state index >= 15 is 0 Å². The molecule has 0 fully saturated rings. The molecule has 0 aromatic heterocycles. The summed E-state index contributed by atoms with van der Waals surface area (Å²) in [4.78, 5) is 0. The molecule has 9 heteroatoms. The van der Waals surface area contributed by atoms with Crippen LogP contribution in [0.1, 0.15) is 33.4 Å². The maximum atomic E-state index is 9.33. The van der Waals surface area contributed by atoms with Gasteiger partial charge in [-0.05, 0) is 54.6 Å². The quantitative estimate of drug-likeness (QED) is 0.292. The lowest BCUT2D eigenvalue weighted by Crippen LogP contribution is -1.93. The third-order valence-corrected chi connectivity index (χ3v) is 5.26. The molecular formula is C30H12N6O3. The van der Waals surface area contributed by atoms with Gasteiger partial charge in [0.15, 0.2) is 0 Å². The van der Waals surface area contributed by atoms with Gasteiger partial charge >= 0.3 is 0 Å². The molecule has 9 nitrogen and oxygen atoms in total. The second-order valence-corrected chi connectivity index (χ2v) is 7.74. The molecule has 0 N–H and O–H groups in total. The van der Waals surface area contributed by atoms with Crippen molar-refractivity contribution in [2.24, 2.45) is 0 Å². The van der Waals surface area contributed by atoms with Gasteiger partial charge in [-0.15, -0.1) is 0 Å². The number of ether oxygens (including phenoxy) is 3. The van der Waals surface area contributed by atoms with Crippen molar-refractivity contribution < 1.29 is 14.2 Å². The van der Waals surface area contributed by atoms with Crippen LogP contribution in [0.3, 0.4) is 0 Å². The first-order valence-electron chi connectivity index (χ1n) is 11.0. The molecule has 0 aliphatic rings. The second kappa shape index (κ2) is 11.3. The molecular weight excluding hydrogens is 492 g/mol. The van der Waals surface area contributed by atoms with E-state index in [-0.39, 0.29) is 67.9 Å². The van der Waals surface area contributed by atoms with E-state index < -0.39 is 0 Å². The minimum Gasteiger partial charge on any atom is -0.457 e. The van der Waals surface area contributed by atoms with Crippen LogP contribution in [-0.4, -0.2) is 0 Å². The molecule has 4 aromatic carbocycles. The molecule has 39 heavy (non-hydrogen) atoms. The van der Waals surface area contributed by atoms with E-state index in [0.29, 0.717) is 0 Å². The number of hydrogen-bond acceptors (Lipinski definition) is 9. The Morgan fingerprint density at radius 3 is 0.795 bits per heavy atom. The highest BCUT2D eigenvalue weighted by Crippen LogP contribution is 2.36. The maximum Gasteiger partial charge on any atom is 0.134 e. The molecule has 0 amide bonds. The predicted octanol–water partition coefficient (Wildman–Crippen LogP) is 6.29. The Kier molecular flexibility index (Phi) is 7.34. The minimum atomic E-state index is 0.141. The van der Waals surface area contributed by atoms with Crippen LogP contribution >= 0.6 is 0 Å². The van der Waals surface area contributed by atoms with Gasteiger partial charge in [-0.2, -0.15) is 31.6 Å². The van der Waals surface area contributed by atoms with Crippen molar-refractivity contribution in [1.82, 2.24) is 0 Å². The molecule has 4 rings (SSSR count). The van der Waals surface area contributed by atoms with Crippen molar-refractivity contribution in [3.8, 4) is 70.9 Å². The van der Waals surface area contributed by atoms with Crippen LogP contribution in [0.25, 0.3) is 0 Å². The zero-order valence-corrected chi connectivity index (χ0v) is 19.8. The third-order valence-electron chi connectivity index (χ3n) is 5.26. The van der Waals surface area contributed by atoms with Crippen molar-refractivity contribution in [2.75, 3.05) is 0 Å². The molecule has 0 aliphatic carbocycles. The third kappa shape index (κ3) is 5.73. The van der Waals surface area contributed by atoms with Gasteiger partial charge in [-0.3, -0.25) is 0 Å². The van der Waals surface area contributed by atoms with Gasteiger partial charge in [-0.1, -0.05) is 0 Å². The fourth-order valence-electron chi connectivity index (χ4n) is 3.46. The lowest BCUT2D eigenvalue weighted by atomic mass is 10.1. The average Bonchev–Trinajstić information content (AvgIpc) is 2.96. The average molecular weight is 504 g/mol. The van der Waals surface area contributed by atoms with Crippen molar-refractivity contribution in [3.05, 3.63) is 106 Å². The summed E-state index contributed by atoms with van der Waals surface area (Å²) in [6.45, 7) is 0. The van der Waals surface area contributed by atoms with E-state index in [9.17, 15) is 31.6 Å². The smallest absolute Gasteiger partial charge is 0.134 e. The van der Waals surface area contributed by atoms with E-state index in [1.54, 1.807) is 18.2 Å². The van der Waals surface area contributed by atoms with Crippen LogP contribution in [0, 0.1) is 68.0 Å². The number of nitriles is 6. The molecule has 180 valence electrons. The molecule has 0 heterocycles. The molecule has 0 saturated heterocycles. The van der Waals surface area contributed by atoms with Crippen molar-refractivity contribution >= 4 is 0 Å². The van der Waals surface area contributed by atoms with Crippen molar-refractivity contribution in [1.29, 1.82) is 31.6 Å². The molecule has 0 aliphatic heterocycles. The van der Waals surface area contributed by atoms with E-state index in [1.165, 1.54) is 54.6 Å². The standard InChI is InChI=1S/C30H12N6O3/c31-13-19-1-4-25(7-22(19)16-34)37-28-10-29(38-26-5-2-20(14-32)23(8-26)17-35)12-30(11-28)39-27-6-3-21(15-33)24(9-27)18-36/h1-12H. The van der Waals surface area contributed by atoms with Gasteiger partial charge < -0.3 is 14.2 Å². The Morgan fingerprint density at radius 2 is 0.564 bits per heavy atom. The monoisotopic (exact) mass is 504 g/mol. The molecule has 0 spiro atoms. The summed E-state index contributed by atoms with van der Waals surface area (Å²) in [6, 6.07) is 29.6. The van der Waals surface area contributed by atoms with Gasteiger partial charge in [0, 0.05) is 18.2 Å². The van der Waals surface area contributed by atoms with Crippen LogP contribution < -0.4 is 14.2 Å². The Morgan fingerprint density at radius 1 is 0.308 bits per heavy atom. The fourth-order valence-corrected chi connectivity index (χ4v) is 3.46. The van der Waals surface area contributed by atoms with E-state index in [4.69, 9.17) is 14.2 Å². The summed E-state index contributed by atoms with van der Waals surface area (Å²) in [6.07, 6.45) is 0. The lowest BCUT2D eigenvalue weighted by molar-refractivity contribution is 0.439. The van der Waals surface area contributed by atoms with Gasteiger partial charge in [0.1, 0.15) is 70.9 Å². The lowest BCUT2D eigenvalue weighted by Gasteiger charge is -2.14. The summed E-state index contributed by atoms with van der Waals surface area (Å²) in [7, 11) is 0. The molecule has 0 atom stereocenters. The topological polar surface area (TPSA) is 170 Å². The number of benzene rings is 4. The van der Waals surface area contributed by atoms with Gasteiger partial charge in [0.2, 0.25) is 0 Å². The Hall–Kier alpha value is -6.78. The highest BCUT2D eigenvalue weighted by atomic mass is 16.5. The molecule has 0 saturated carbocycles. The Balaban J connectivity index is 1.74. The van der Waals surface area contributed by atoms with Crippen molar-refractivity contribution in [3.63, 3.8) is 0 Å². The summed E-state index contributed by atoms with van der Waals surface area (Å²) in [5, 5.41) is 55.5. The summed E-state index contributed by atoms with van der Waals surface area (Å²) >= 11 is 0. The summed E-state index contributed by atoms with van der Waals surface area (Å²) in [5.41, 5.74) is 1.03. The van der Waals surface area contributed by atoms with Crippen LogP contribution in [0.15, 0.2) is 72.8 Å². The van der Waals surface area contributed by atoms with E-state index in [0.717, 1.165) is 0 Å². The first kappa shape index (κ1) is 25.3. The first-order chi connectivity index (χ1) is 19.0. The number of rotatable bonds is 6. The predicted molar refractivity (Wildman–Crippen MR) is 134 cm³/mol. The SMILES string of the molecule is N#Cc1ccc(Oc2cc(Oc3ccc(C#N)c(C#N)c3)cc(Oc3ccc(C#N)c(C#N)c3)c2)cc1C#N. The maximum absolute atomic E-state index is 9.33. The van der Waals surface area contributed by atoms with E-state index in [1.807, 2.05) is 36.4 Å². The first-order valence-corrected chi connectivity index (χ1v) is 11.0. The van der Waals surface area contributed by atoms with Crippen LogP contribution in [0.4, 0.5) is 0 Å². The van der Waals surface area contributed by atoms with Gasteiger partial charge in [-0.25, -0.2) is 0 Å². The van der Waals surface area contributed by atoms with E-state index in [2.05, 4.69) is 0 Å². The molecule has 0 unspecified atom stereocenters. The number of hydrogen-bond donors (Lipinski definition) is 0. The normalized spacial score (nSPS) is 9.38. The van der Waals surface area contributed by atoms with Crippen LogP contribution in [0.5, 0.6) is 34.5 Å². The highest BCUT2D eigenvalue weighted by Gasteiger charge is 2.12. The Labute approximate surface area is 222 Å². The molecule has 0 radical (unpaired) electrons. The van der Waals surface area contributed by atoms with Crippen LogP contribution in [0.2, 0.25) is 0 Å². The highest BCUT2D eigenvalue weighted by molar-refractivity contribution is 5.54. The van der Waals surface area contributed by atoms with Crippen LogP contribution in [-0.2, 0) is 0 Å². The fraction of sp³-hybridized carbons (Fsp3) is 0. The molecule has 4 aromatic rings. The van der Waals surface area contributed by atoms with Crippen molar-refractivity contribution in [2.45, 2.75) is 0 Å². The van der Waals surface area contributed by atoms with Gasteiger partial charge in [0.05, 0.1) is 33.4 Å². The molecule has 0 bridgehead atoms. The zero-order valence-electron chi connectivity index (χ0n) is 19.8. The largest absolute Gasteiger partial charge is 0.457 e. The zero-order chi connectivity index (χ0) is 27.8.